The molecule has 0 aromatic heterocycles. The molecule has 2 aromatic carbocycles. The summed E-state index contributed by atoms with van der Waals surface area (Å²) in [6.45, 7) is 4.21. The molecule has 2 unspecified atom stereocenters. The monoisotopic (exact) mass is 332 g/mol. The molecule has 2 nitrogen and oxygen atoms in total. The standard InChI is InChI=1S/C17H17BrO2/c1-10-4-3-5-13(11(10)2)17-9-15(19)14-8-12(18)6-7-16(14)20-17/h3-8,15,17,19H,9H2,1-2H3. The fourth-order valence-corrected chi connectivity index (χ4v) is 3.11. The zero-order valence-corrected chi connectivity index (χ0v) is 13.1. The maximum absolute atomic E-state index is 10.4. The minimum Gasteiger partial charge on any atom is -0.485 e. The molecule has 0 aliphatic carbocycles. The zero-order valence-electron chi connectivity index (χ0n) is 11.6. The number of hydrogen-bond donors (Lipinski definition) is 1. The molecule has 3 rings (SSSR count). The number of hydrogen-bond acceptors (Lipinski definition) is 2. The fourth-order valence-electron chi connectivity index (χ4n) is 2.73. The maximum Gasteiger partial charge on any atom is 0.127 e. The van der Waals surface area contributed by atoms with Gasteiger partial charge in [0, 0.05) is 16.5 Å². The van der Waals surface area contributed by atoms with E-state index in [1.165, 1.54) is 11.1 Å². The van der Waals surface area contributed by atoms with Crippen molar-refractivity contribution in [1.82, 2.24) is 0 Å². The van der Waals surface area contributed by atoms with Crippen LogP contribution in [0, 0.1) is 13.8 Å². The van der Waals surface area contributed by atoms with Gasteiger partial charge < -0.3 is 9.84 Å². The van der Waals surface area contributed by atoms with E-state index in [1.807, 2.05) is 24.3 Å². The van der Waals surface area contributed by atoms with Gasteiger partial charge in [0.2, 0.25) is 0 Å². The zero-order chi connectivity index (χ0) is 14.3. The van der Waals surface area contributed by atoms with Crippen LogP contribution in [0.5, 0.6) is 5.75 Å². The highest BCUT2D eigenvalue weighted by molar-refractivity contribution is 9.10. The molecule has 1 aliphatic rings. The lowest BCUT2D eigenvalue weighted by Crippen LogP contribution is -2.20. The van der Waals surface area contributed by atoms with Crippen LogP contribution in [0.15, 0.2) is 40.9 Å². The topological polar surface area (TPSA) is 29.5 Å². The van der Waals surface area contributed by atoms with E-state index in [4.69, 9.17) is 4.74 Å². The molecule has 1 heterocycles. The van der Waals surface area contributed by atoms with Crippen LogP contribution in [0.1, 0.15) is 40.9 Å². The fraction of sp³-hybridized carbons (Fsp3) is 0.294. The molecule has 0 bridgehead atoms. The highest BCUT2D eigenvalue weighted by Gasteiger charge is 2.29. The minimum absolute atomic E-state index is 0.0847. The Morgan fingerprint density at radius 1 is 1.15 bits per heavy atom. The van der Waals surface area contributed by atoms with Gasteiger partial charge >= 0.3 is 0 Å². The molecule has 1 aliphatic heterocycles. The van der Waals surface area contributed by atoms with Gasteiger partial charge in [0.15, 0.2) is 0 Å². The lowest BCUT2D eigenvalue weighted by atomic mass is 9.91. The number of rotatable bonds is 1. The van der Waals surface area contributed by atoms with E-state index in [1.54, 1.807) is 0 Å². The summed E-state index contributed by atoms with van der Waals surface area (Å²) in [4.78, 5) is 0. The number of ether oxygens (including phenoxy) is 1. The third kappa shape index (κ3) is 2.36. The highest BCUT2D eigenvalue weighted by Crippen LogP contribution is 2.42. The molecule has 0 saturated carbocycles. The quantitative estimate of drug-likeness (QED) is 0.825. The first-order valence-electron chi connectivity index (χ1n) is 6.76. The number of aryl methyl sites for hydroxylation is 1. The molecule has 0 fully saturated rings. The van der Waals surface area contributed by atoms with Gasteiger partial charge in [-0.25, -0.2) is 0 Å². The van der Waals surface area contributed by atoms with Crippen molar-refractivity contribution in [3.63, 3.8) is 0 Å². The first-order chi connectivity index (χ1) is 9.56. The minimum atomic E-state index is -0.485. The Kier molecular flexibility index (Phi) is 3.57. The number of halogens is 1. The van der Waals surface area contributed by atoms with Crippen LogP contribution >= 0.6 is 15.9 Å². The molecular weight excluding hydrogens is 316 g/mol. The van der Waals surface area contributed by atoms with Crippen molar-refractivity contribution in [3.05, 3.63) is 63.1 Å². The van der Waals surface area contributed by atoms with E-state index in [0.717, 1.165) is 21.3 Å². The van der Waals surface area contributed by atoms with E-state index in [2.05, 4.69) is 41.9 Å². The van der Waals surface area contributed by atoms with Crippen LogP contribution in [0.2, 0.25) is 0 Å². The summed E-state index contributed by atoms with van der Waals surface area (Å²) in [5.74, 6) is 0.776. The second kappa shape index (κ2) is 5.23. The van der Waals surface area contributed by atoms with Crippen LogP contribution in [0.25, 0.3) is 0 Å². The van der Waals surface area contributed by atoms with E-state index in [9.17, 15) is 5.11 Å². The normalized spacial score (nSPS) is 21.2. The summed E-state index contributed by atoms with van der Waals surface area (Å²) < 4.78 is 7.06. The Bertz CT molecular complexity index is 651. The molecule has 1 N–H and O–H groups in total. The van der Waals surface area contributed by atoms with Crippen molar-refractivity contribution < 1.29 is 9.84 Å². The van der Waals surface area contributed by atoms with Gasteiger partial charge in [-0.2, -0.15) is 0 Å². The smallest absolute Gasteiger partial charge is 0.127 e. The summed E-state index contributed by atoms with van der Waals surface area (Å²) in [5.41, 5.74) is 4.52. The van der Waals surface area contributed by atoms with E-state index >= 15 is 0 Å². The Balaban J connectivity index is 1.99. The molecule has 0 spiro atoms. The number of aliphatic hydroxyl groups is 1. The Hall–Kier alpha value is -1.32. The summed E-state index contributed by atoms with van der Waals surface area (Å²) in [6.07, 6.45) is 0.0213. The van der Waals surface area contributed by atoms with Crippen LogP contribution < -0.4 is 4.74 Å². The van der Waals surface area contributed by atoms with Gasteiger partial charge in [0.25, 0.3) is 0 Å². The van der Waals surface area contributed by atoms with Gasteiger partial charge in [-0.3, -0.25) is 0 Å². The van der Waals surface area contributed by atoms with Gasteiger partial charge in [-0.05, 0) is 48.7 Å². The molecule has 3 heteroatoms. The van der Waals surface area contributed by atoms with Gasteiger partial charge in [0.05, 0.1) is 6.10 Å². The highest BCUT2D eigenvalue weighted by atomic mass is 79.9. The predicted molar refractivity (Wildman–Crippen MR) is 83.0 cm³/mol. The van der Waals surface area contributed by atoms with Gasteiger partial charge in [0.1, 0.15) is 11.9 Å². The average molecular weight is 333 g/mol. The Morgan fingerprint density at radius 2 is 1.95 bits per heavy atom. The lowest BCUT2D eigenvalue weighted by molar-refractivity contribution is 0.0653. The number of benzene rings is 2. The van der Waals surface area contributed by atoms with Crippen LogP contribution in [-0.4, -0.2) is 5.11 Å². The lowest BCUT2D eigenvalue weighted by Gasteiger charge is -2.31. The molecule has 2 aromatic rings. The molecule has 2 atom stereocenters. The molecule has 0 amide bonds. The maximum atomic E-state index is 10.4. The third-order valence-electron chi connectivity index (χ3n) is 4.03. The van der Waals surface area contributed by atoms with Gasteiger partial charge in [-0.1, -0.05) is 34.1 Å². The van der Waals surface area contributed by atoms with Crippen molar-refractivity contribution in [3.8, 4) is 5.75 Å². The molecule has 104 valence electrons. The van der Waals surface area contributed by atoms with Gasteiger partial charge in [-0.15, -0.1) is 0 Å². The largest absolute Gasteiger partial charge is 0.485 e. The predicted octanol–water partition coefficient (Wildman–Crippen LogP) is 4.62. The molecule has 0 radical (unpaired) electrons. The van der Waals surface area contributed by atoms with E-state index in [-0.39, 0.29) is 6.10 Å². The first-order valence-corrected chi connectivity index (χ1v) is 7.56. The van der Waals surface area contributed by atoms with E-state index in [0.29, 0.717) is 6.42 Å². The molecular formula is C17H17BrO2. The van der Waals surface area contributed by atoms with Crippen LogP contribution in [-0.2, 0) is 0 Å². The third-order valence-corrected chi connectivity index (χ3v) is 4.52. The molecule has 20 heavy (non-hydrogen) atoms. The van der Waals surface area contributed by atoms with Crippen LogP contribution in [0.4, 0.5) is 0 Å². The van der Waals surface area contributed by atoms with Crippen molar-refractivity contribution in [1.29, 1.82) is 0 Å². The Labute approximate surface area is 127 Å². The van der Waals surface area contributed by atoms with Crippen molar-refractivity contribution in [2.45, 2.75) is 32.5 Å². The summed E-state index contributed by atoms with van der Waals surface area (Å²) in [7, 11) is 0. The second-order valence-electron chi connectivity index (χ2n) is 5.33. The average Bonchev–Trinajstić information content (AvgIpc) is 2.42. The van der Waals surface area contributed by atoms with Crippen molar-refractivity contribution in [2.24, 2.45) is 0 Å². The number of fused-ring (bicyclic) bond motifs is 1. The molecule has 0 saturated heterocycles. The SMILES string of the molecule is Cc1cccc(C2CC(O)c3cc(Br)ccc3O2)c1C. The summed E-state index contributed by atoms with van der Waals surface area (Å²) in [6, 6.07) is 12.0. The number of aliphatic hydroxyl groups excluding tert-OH is 1. The summed E-state index contributed by atoms with van der Waals surface area (Å²) >= 11 is 3.43. The Morgan fingerprint density at radius 3 is 2.75 bits per heavy atom. The van der Waals surface area contributed by atoms with Crippen LogP contribution in [0.3, 0.4) is 0 Å². The summed E-state index contributed by atoms with van der Waals surface area (Å²) in [5, 5.41) is 10.4. The van der Waals surface area contributed by atoms with Crippen molar-refractivity contribution in [2.75, 3.05) is 0 Å². The second-order valence-corrected chi connectivity index (χ2v) is 6.24. The first kappa shape index (κ1) is 13.7. The van der Waals surface area contributed by atoms with Crippen molar-refractivity contribution >= 4 is 15.9 Å². The van der Waals surface area contributed by atoms with E-state index < -0.39 is 6.10 Å².